The second kappa shape index (κ2) is 6.24. The lowest BCUT2D eigenvalue weighted by Crippen LogP contribution is -2.24. The van der Waals surface area contributed by atoms with E-state index in [1.165, 1.54) is 0 Å². The third-order valence-corrected chi connectivity index (χ3v) is 2.87. The van der Waals surface area contributed by atoms with Gasteiger partial charge in [0.1, 0.15) is 0 Å². The predicted octanol–water partition coefficient (Wildman–Crippen LogP) is 1.54. The Morgan fingerprint density at radius 3 is 2.93 bits per heavy atom. The van der Waals surface area contributed by atoms with Gasteiger partial charge in [-0.25, -0.2) is 4.98 Å². The third-order valence-electron chi connectivity index (χ3n) is 1.67. The zero-order valence-electron chi connectivity index (χ0n) is 7.69. The number of halogens is 1. The number of aliphatic hydroxyl groups is 1. The van der Waals surface area contributed by atoms with Gasteiger partial charge in [-0.1, -0.05) is 11.6 Å². The van der Waals surface area contributed by atoms with Crippen LogP contribution in [0.4, 0.5) is 0 Å². The molecule has 1 unspecified atom stereocenters. The maximum Gasteiger partial charge on any atom is 0.0960 e. The molecule has 0 fully saturated rings. The summed E-state index contributed by atoms with van der Waals surface area (Å²) >= 11 is 7.31. The van der Waals surface area contributed by atoms with Crippen molar-refractivity contribution in [2.45, 2.75) is 17.5 Å². The van der Waals surface area contributed by atoms with Crippen LogP contribution in [0.5, 0.6) is 0 Å². The van der Waals surface area contributed by atoms with Gasteiger partial charge in [-0.05, 0) is 18.6 Å². The summed E-state index contributed by atoms with van der Waals surface area (Å²) in [4.78, 5) is 4.13. The molecule has 1 aromatic heterocycles. The minimum Gasteiger partial charge on any atom is -0.395 e. The van der Waals surface area contributed by atoms with Crippen molar-refractivity contribution >= 4 is 23.4 Å². The van der Waals surface area contributed by atoms with E-state index in [0.29, 0.717) is 5.02 Å². The number of nitrogens with zero attached hydrogens (tertiary/aromatic N) is 1. The summed E-state index contributed by atoms with van der Waals surface area (Å²) in [5.74, 6) is 0.857. The molecule has 3 nitrogen and oxygen atoms in total. The Labute approximate surface area is 92.7 Å². The summed E-state index contributed by atoms with van der Waals surface area (Å²) in [5.41, 5.74) is 5.56. The lowest BCUT2D eigenvalue weighted by Gasteiger charge is -2.06. The quantitative estimate of drug-likeness (QED) is 0.757. The molecule has 14 heavy (non-hydrogen) atoms. The normalized spacial score (nSPS) is 12.8. The van der Waals surface area contributed by atoms with Crippen LogP contribution in [0.1, 0.15) is 6.42 Å². The highest BCUT2D eigenvalue weighted by molar-refractivity contribution is 7.99. The standard InChI is InChI=1S/C9H13ClN2OS/c10-7-1-2-9(12-5-7)14-4-3-8(11)6-13/h1-2,5,8,13H,3-4,6,11H2. The summed E-state index contributed by atoms with van der Waals surface area (Å²) in [5, 5.41) is 10.3. The van der Waals surface area contributed by atoms with E-state index in [1.807, 2.05) is 12.1 Å². The minimum absolute atomic E-state index is 0.0363. The van der Waals surface area contributed by atoms with E-state index in [-0.39, 0.29) is 12.6 Å². The largest absolute Gasteiger partial charge is 0.395 e. The molecule has 0 radical (unpaired) electrons. The molecular weight excluding hydrogens is 220 g/mol. The van der Waals surface area contributed by atoms with Crippen molar-refractivity contribution in [2.75, 3.05) is 12.4 Å². The summed E-state index contributed by atoms with van der Waals surface area (Å²) < 4.78 is 0. The van der Waals surface area contributed by atoms with Crippen molar-refractivity contribution in [3.63, 3.8) is 0 Å². The van der Waals surface area contributed by atoms with Gasteiger partial charge < -0.3 is 10.8 Å². The van der Waals surface area contributed by atoms with Gasteiger partial charge in [0.25, 0.3) is 0 Å². The Balaban J connectivity index is 2.28. The molecule has 1 aromatic rings. The lowest BCUT2D eigenvalue weighted by atomic mass is 10.3. The highest BCUT2D eigenvalue weighted by Gasteiger charge is 2.01. The molecule has 0 amide bonds. The van der Waals surface area contributed by atoms with E-state index in [9.17, 15) is 0 Å². The Kier molecular flexibility index (Phi) is 5.25. The molecule has 78 valence electrons. The number of nitrogens with two attached hydrogens (primary N) is 1. The van der Waals surface area contributed by atoms with Crippen molar-refractivity contribution in [1.82, 2.24) is 4.98 Å². The van der Waals surface area contributed by atoms with Crippen LogP contribution in [0.2, 0.25) is 5.02 Å². The number of hydrogen-bond acceptors (Lipinski definition) is 4. The van der Waals surface area contributed by atoms with Gasteiger partial charge >= 0.3 is 0 Å². The molecular formula is C9H13ClN2OS. The summed E-state index contributed by atoms with van der Waals surface area (Å²) in [7, 11) is 0. The maximum atomic E-state index is 8.70. The SMILES string of the molecule is NC(CO)CCSc1ccc(Cl)cn1. The number of aliphatic hydroxyl groups excluding tert-OH is 1. The van der Waals surface area contributed by atoms with Crippen LogP contribution in [0.3, 0.4) is 0 Å². The molecule has 0 bridgehead atoms. The number of thioether (sulfide) groups is 1. The average Bonchev–Trinajstić information content (AvgIpc) is 2.21. The summed E-state index contributed by atoms with van der Waals surface area (Å²) in [6.45, 7) is 0.0363. The minimum atomic E-state index is -0.130. The predicted molar refractivity (Wildman–Crippen MR) is 59.6 cm³/mol. The van der Waals surface area contributed by atoms with E-state index in [1.54, 1.807) is 18.0 Å². The summed E-state index contributed by atoms with van der Waals surface area (Å²) in [6, 6.07) is 3.55. The molecule has 0 saturated heterocycles. The molecule has 0 aromatic carbocycles. The van der Waals surface area contributed by atoms with Gasteiger partial charge in [0.2, 0.25) is 0 Å². The third kappa shape index (κ3) is 4.28. The van der Waals surface area contributed by atoms with E-state index in [0.717, 1.165) is 17.2 Å². The molecule has 1 atom stereocenters. The number of aromatic nitrogens is 1. The fourth-order valence-electron chi connectivity index (χ4n) is 0.854. The molecule has 0 saturated carbocycles. The van der Waals surface area contributed by atoms with Crippen LogP contribution >= 0.6 is 23.4 Å². The zero-order valence-corrected chi connectivity index (χ0v) is 9.26. The first kappa shape index (κ1) is 11.8. The van der Waals surface area contributed by atoms with Crippen LogP contribution in [-0.2, 0) is 0 Å². The fourth-order valence-corrected chi connectivity index (χ4v) is 1.89. The smallest absolute Gasteiger partial charge is 0.0960 e. The number of rotatable bonds is 5. The molecule has 0 aliphatic carbocycles. The van der Waals surface area contributed by atoms with Crippen molar-refractivity contribution in [1.29, 1.82) is 0 Å². The molecule has 1 rings (SSSR count). The van der Waals surface area contributed by atoms with Gasteiger partial charge in [-0.2, -0.15) is 0 Å². The first-order valence-corrected chi connectivity index (χ1v) is 5.69. The number of pyridine rings is 1. The van der Waals surface area contributed by atoms with Crippen LogP contribution in [0, 0.1) is 0 Å². The molecule has 3 N–H and O–H groups in total. The van der Waals surface area contributed by atoms with E-state index in [2.05, 4.69) is 4.98 Å². The topological polar surface area (TPSA) is 59.1 Å². The monoisotopic (exact) mass is 232 g/mol. The first-order valence-electron chi connectivity index (χ1n) is 4.33. The average molecular weight is 233 g/mol. The van der Waals surface area contributed by atoms with Crippen molar-refractivity contribution < 1.29 is 5.11 Å². The van der Waals surface area contributed by atoms with Crippen LogP contribution < -0.4 is 5.73 Å². The van der Waals surface area contributed by atoms with Crippen LogP contribution in [0.25, 0.3) is 0 Å². The van der Waals surface area contributed by atoms with E-state index in [4.69, 9.17) is 22.4 Å². The van der Waals surface area contributed by atoms with Crippen LogP contribution in [0.15, 0.2) is 23.4 Å². The Morgan fingerprint density at radius 1 is 1.57 bits per heavy atom. The fraction of sp³-hybridized carbons (Fsp3) is 0.444. The Bertz CT molecular complexity index is 268. The lowest BCUT2D eigenvalue weighted by molar-refractivity contribution is 0.264. The van der Waals surface area contributed by atoms with Crippen LogP contribution in [-0.4, -0.2) is 28.5 Å². The highest BCUT2D eigenvalue weighted by atomic mass is 35.5. The van der Waals surface area contributed by atoms with Gasteiger partial charge in [0.05, 0.1) is 16.7 Å². The van der Waals surface area contributed by atoms with E-state index >= 15 is 0 Å². The second-order valence-corrected chi connectivity index (χ2v) is 4.45. The zero-order chi connectivity index (χ0) is 10.4. The Morgan fingerprint density at radius 2 is 2.36 bits per heavy atom. The maximum absolute atomic E-state index is 8.70. The van der Waals surface area contributed by atoms with E-state index < -0.39 is 0 Å². The van der Waals surface area contributed by atoms with Gasteiger partial charge in [0.15, 0.2) is 0 Å². The highest BCUT2D eigenvalue weighted by Crippen LogP contribution is 2.18. The Hall–Kier alpha value is -0.290. The molecule has 0 aliphatic heterocycles. The molecule has 5 heteroatoms. The molecule has 0 spiro atoms. The molecule has 0 aliphatic rings. The number of hydrogen-bond donors (Lipinski definition) is 2. The first-order chi connectivity index (χ1) is 6.72. The van der Waals surface area contributed by atoms with Gasteiger partial charge in [-0.3, -0.25) is 0 Å². The van der Waals surface area contributed by atoms with Crippen molar-refractivity contribution in [3.8, 4) is 0 Å². The summed E-state index contributed by atoms with van der Waals surface area (Å²) in [6.07, 6.45) is 2.40. The van der Waals surface area contributed by atoms with Crippen molar-refractivity contribution in [3.05, 3.63) is 23.4 Å². The van der Waals surface area contributed by atoms with Crippen molar-refractivity contribution in [2.24, 2.45) is 5.73 Å². The van der Waals surface area contributed by atoms with Gasteiger partial charge in [-0.15, -0.1) is 11.8 Å². The second-order valence-electron chi connectivity index (χ2n) is 2.89. The van der Waals surface area contributed by atoms with Gasteiger partial charge in [0, 0.05) is 18.0 Å². The molecule has 1 heterocycles.